The van der Waals surface area contributed by atoms with Gasteiger partial charge in [-0.05, 0) is 50.0 Å². The molecular formula is C26H41N5O3. The molecule has 34 heavy (non-hydrogen) atoms. The fourth-order valence-corrected chi connectivity index (χ4v) is 6.01. The first-order chi connectivity index (χ1) is 15.9. The molecule has 8 nitrogen and oxygen atoms in total. The van der Waals surface area contributed by atoms with Crippen LogP contribution >= 0.6 is 0 Å². The third kappa shape index (κ3) is 5.88. The molecule has 2 heterocycles. The van der Waals surface area contributed by atoms with Crippen LogP contribution in [0, 0.1) is 11.8 Å². The topological polar surface area (TPSA) is 121 Å². The SMILES string of the molecule is C.CN1C(=O)[C@@](CCC2CCCCC2)(C[C@H]2CCC[C@@H](NC(=O)c3cc[nH]c(=O)c3)C2)N=C1N. The van der Waals surface area contributed by atoms with E-state index in [1.54, 1.807) is 13.1 Å². The maximum Gasteiger partial charge on any atom is 0.257 e. The molecule has 0 spiro atoms. The van der Waals surface area contributed by atoms with Gasteiger partial charge in [0.2, 0.25) is 5.56 Å². The third-order valence-corrected chi connectivity index (χ3v) is 7.85. The molecule has 1 aromatic rings. The van der Waals surface area contributed by atoms with E-state index >= 15 is 0 Å². The smallest absolute Gasteiger partial charge is 0.257 e. The molecule has 4 N–H and O–H groups in total. The average Bonchev–Trinajstić information content (AvgIpc) is 3.02. The number of H-pyrrole nitrogens is 1. The summed E-state index contributed by atoms with van der Waals surface area (Å²) in [6.07, 6.45) is 14.1. The van der Waals surface area contributed by atoms with Gasteiger partial charge in [0, 0.05) is 30.9 Å². The van der Waals surface area contributed by atoms with Crippen LogP contribution in [0.2, 0.25) is 0 Å². The number of carbonyl (C=O) groups is 2. The lowest BCUT2D eigenvalue weighted by atomic mass is 9.74. The van der Waals surface area contributed by atoms with Gasteiger partial charge in [-0.1, -0.05) is 52.4 Å². The summed E-state index contributed by atoms with van der Waals surface area (Å²) >= 11 is 0. The van der Waals surface area contributed by atoms with Crippen LogP contribution in [-0.4, -0.2) is 46.3 Å². The second-order valence-corrected chi connectivity index (χ2v) is 10.3. The number of likely N-dealkylation sites (N-methyl/N-ethyl adjacent to an activating group) is 1. The number of hydrogen-bond acceptors (Lipinski definition) is 5. The fourth-order valence-electron chi connectivity index (χ4n) is 6.01. The van der Waals surface area contributed by atoms with Crippen LogP contribution in [-0.2, 0) is 4.79 Å². The molecule has 2 amide bonds. The minimum absolute atomic E-state index is 0. The fraction of sp³-hybridized carbons (Fsp3) is 0.692. The van der Waals surface area contributed by atoms with E-state index in [2.05, 4.69) is 10.3 Å². The normalized spacial score (nSPS) is 27.7. The van der Waals surface area contributed by atoms with E-state index in [9.17, 15) is 14.4 Å². The van der Waals surface area contributed by atoms with Crippen LogP contribution in [0.4, 0.5) is 0 Å². The Morgan fingerprint density at radius 2 is 1.91 bits per heavy atom. The molecule has 0 bridgehead atoms. The summed E-state index contributed by atoms with van der Waals surface area (Å²) in [6.45, 7) is 0. The summed E-state index contributed by atoms with van der Waals surface area (Å²) in [6, 6.07) is 2.96. The van der Waals surface area contributed by atoms with E-state index in [-0.39, 0.29) is 30.8 Å². The Hall–Kier alpha value is -2.64. The lowest BCUT2D eigenvalue weighted by Crippen LogP contribution is -2.45. The molecule has 2 saturated carbocycles. The molecule has 0 unspecified atom stereocenters. The van der Waals surface area contributed by atoms with Crippen LogP contribution in [0.1, 0.15) is 94.8 Å². The molecule has 0 radical (unpaired) electrons. The Bertz CT molecular complexity index is 952. The van der Waals surface area contributed by atoms with Gasteiger partial charge in [-0.15, -0.1) is 0 Å². The number of nitrogens with two attached hydrogens (primary N) is 1. The number of nitrogens with zero attached hydrogens (tertiary/aromatic N) is 2. The van der Waals surface area contributed by atoms with E-state index in [0.29, 0.717) is 29.8 Å². The zero-order chi connectivity index (χ0) is 23.4. The van der Waals surface area contributed by atoms with Crippen molar-refractivity contribution in [1.82, 2.24) is 15.2 Å². The number of guanidine groups is 1. The zero-order valence-corrected chi connectivity index (χ0v) is 19.6. The van der Waals surface area contributed by atoms with Gasteiger partial charge in [-0.25, -0.2) is 4.99 Å². The second kappa shape index (κ2) is 11.2. The molecule has 4 rings (SSSR count). The van der Waals surface area contributed by atoms with Gasteiger partial charge in [-0.2, -0.15) is 0 Å². The van der Waals surface area contributed by atoms with E-state index in [1.807, 2.05) is 0 Å². The van der Waals surface area contributed by atoms with Gasteiger partial charge < -0.3 is 16.0 Å². The molecule has 1 aromatic heterocycles. The highest BCUT2D eigenvalue weighted by Gasteiger charge is 2.48. The monoisotopic (exact) mass is 471 g/mol. The Morgan fingerprint density at radius 3 is 2.59 bits per heavy atom. The lowest BCUT2D eigenvalue weighted by Gasteiger charge is -2.35. The number of nitrogens with one attached hydrogen (secondary N) is 2. The van der Waals surface area contributed by atoms with Crippen molar-refractivity contribution in [1.29, 1.82) is 0 Å². The minimum Gasteiger partial charge on any atom is -0.369 e. The summed E-state index contributed by atoms with van der Waals surface area (Å²) in [7, 11) is 1.72. The first-order valence-corrected chi connectivity index (χ1v) is 12.5. The number of aromatic amines is 1. The van der Waals surface area contributed by atoms with Crippen LogP contribution in [0.25, 0.3) is 0 Å². The van der Waals surface area contributed by atoms with Crippen molar-refractivity contribution in [3.05, 3.63) is 34.2 Å². The second-order valence-electron chi connectivity index (χ2n) is 10.3. The highest BCUT2D eigenvalue weighted by molar-refractivity contribution is 6.06. The maximum absolute atomic E-state index is 13.3. The predicted molar refractivity (Wildman–Crippen MR) is 135 cm³/mol. The number of carbonyl (C=O) groups excluding carboxylic acids is 2. The average molecular weight is 472 g/mol. The standard InChI is InChI=1S/C25H37N5O3.CH4/c1-30-23(33)25(29-24(30)26,12-10-17-6-3-2-4-7-17)16-18-8-5-9-20(14-18)28-22(32)19-11-13-27-21(31)15-19;/h11,13,15,17-18,20H,2-10,12,14,16H2,1H3,(H2,26,29)(H,27,31)(H,28,32);1H4/t18-,20+,25+;/m0./s1. The van der Waals surface area contributed by atoms with Gasteiger partial charge >= 0.3 is 0 Å². The first-order valence-electron chi connectivity index (χ1n) is 12.5. The van der Waals surface area contributed by atoms with Crippen LogP contribution < -0.4 is 16.6 Å². The number of rotatable bonds is 7. The molecule has 0 aromatic carbocycles. The molecule has 2 aliphatic carbocycles. The van der Waals surface area contributed by atoms with E-state index < -0.39 is 5.54 Å². The molecule has 2 fully saturated rings. The van der Waals surface area contributed by atoms with E-state index in [4.69, 9.17) is 10.7 Å². The number of hydrogen-bond donors (Lipinski definition) is 3. The van der Waals surface area contributed by atoms with Gasteiger partial charge in [0.25, 0.3) is 11.8 Å². The summed E-state index contributed by atoms with van der Waals surface area (Å²) in [5, 5.41) is 3.09. The molecular weight excluding hydrogens is 430 g/mol. The van der Waals surface area contributed by atoms with Crippen LogP contribution in [0.5, 0.6) is 0 Å². The third-order valence-electron chi connectivity index (χ3n) is 7.85. The Balaban J connectivity index is 0.00000324. The summed E-state index contributed by atoms with van der Waals surface area (Å²) < 4.78 is 0. The van der Waals surface area contributed by atoms with E-state index in [0.717, 1.165) is 38.5 Å². The highest BCUT2D eigenvalue weighted by Crippen LogP contribution is 2.40. The number of amides is 2. The Morgan fingerprint density at radius 1 is 1.18 bits per heavy atom. The van der Waals surface area contributed by atoms with Crippen molar-refractivity contribution in [3.63, 3.8) is 0 Å². The zero-order valence-electron chi connectivity index (χ0n) is 19.6. The van der Waals surface area contributed by atoms with Crippen molar-refractivity contribution in [3.8, 4) is 0 Å². The number of pyridine rings is 1. The van der Waals surface area contributed by atoms with Crippen molar-refractivity contribution in [2.45, 2.75) is 96.1 Å². The maximum atomic E-state index is 13.3. The summed E-state index contributed by atoms with van der Waals surface area (Å²) in [5.41, 5.74) is 5.42. The van der Waals surface area contributed by atoms with Gasteiger partial charge in [0.1, 0.15) is 5.54 Å². The van der Waals surface area contributed by atoms with Crippen molar-refractivity contribution < 1.29 is 9.59 Å². The lowest BCUT2D eigenvalue weighted by molar-refractivity contribution is -0.131. The summed E-state index contributed by atoms with van der Waals surface area (Å²) in [4.78, 5) is 46.2. The van der Waals surface area contributed by atoms with Crippen LogP contribution in [0.15, 0.2) is 28.1 Å². The Kier molecular flexibility index (Phi) is 8.55. The van der Waals surface area contributed by atoms with Gasteiger partial charge in [0.05, 0.1) is 0 Å². The number of aliphatic imine (C=N–C) groups is 1. The molecule has 8 heteroatoms. The van der Waals surface area contributed by atoms with Crippen molar-refractivity contribution in [2.24, 2.45) is 22.6 Å². The van der Waals surface area contributed by atoms with Gasteiger partial charge in [-0.3, -0.25) is 19.3 Å². The first kappa shape index (κ1) is 26.0. The molecule has 1 aliphatic heterocycles. The predicted octanol–water partition coefficient (Wildman–Crippen LogP) is 3.58. The molecule has 3 aliphatic rings. The quantitative estimate of drug-likeness (QED) is 0.563. The summed E-state index contributed by atoms with van der Waals surface area (Å²) in [5.74, 6) is 1.08. The van der Waals surface area contributed by atoms with Gasteiger partial charge in [0.15, 0.2) is 5.96 Å². The largest absolute Gasteiger partial charge is 0.369 e. The molecule has 188 valence electrons. The van der Waals surface area contributed by atoms with Crippen molar-refractivity contribution >= 4 is 17.8 Å². The highest BCUT2D eigenvalue weighted by atomic mass is 16.2. The van der Waals surface area contributed by atoms with E-state index in [1.165, 1.54) is 49.3 Å². The van der Waals surface area contributed by atoms with Crippen LogP contribution in [0.3, 0.4) is 0 Å². The molecule has 0 saturated heterocycles. The molecule has 3 atom stereocenters. The van der Waals surface area contributed by atoms with Crippen molar-refractivity contribution in [2.75, 3.05) is 7.05 Å². The number of aromatic nitrogens is 1. The Labute approximate surface area is 202 Å². The minimum atomic E-state index is -0.764.